The lowest BCUT2D eigenvalue weighted by Gasteiger charge is -2.16. The lowest BCUT2D eigenvalue weighted by molar-refractivity contribution is -0.125. The second-order valence-electron chi connectivity index (χ2n) is 5.04. The number of aromatic nitrogens is 1. The largest absolute Gasteiger partial charge is 0.479 e. The number of benzene rings is 1. The number of rotatable bonds is 4. The van der Waals surface area contributed by atoms with E-state index in [1.165, 1.54) is 6.07 Å². The maximum Gasteiger partial charge on any atom is 0.266 e. The summed E-state index contributed by atoms with van der Waals surface area (Å²) in [4.78, 5) is 16.5. The molecule has 2 rings (SSSR count). The van der Waals surface area contributed by atoms with Crippen molar-refractivity contribution < 1.29 is 9.53 Å². The highest BCUT2D eigenvalue weighted by Crippen LogP contribution is 2.28. The summed E-state index contributed by atoms with van der Waals surface area (Å²) >= 11 is 20.3. The quantitative estimate of drug-likeness (QED) is 0.642. The van der Waals surface area contributed by atoms with Crippen LogP contribution < -0.4 is 15.4 Å². The van der Waals surface area contributed by atoms with Crippen LogP contribution in [0, 0.1) is 6.92 Å². The number of aryl methyl sites for hydroxylation is 1. The molecule has 25 heavy (non-hydrogen) atoms. The van der Waals surface area contributed by atoms with E-state index in [9.17, 15) is 4.79 Å². The second kappa shape index (κ2) is 8.80. The van der Waals surface area contributed by atoms with Crippen LogP contribution >= 0.6 is 51.3 Å². The molecule has 0 radical (unpaired) electrons. The van der Waals surface area contributed by atoms with Crippen molar-refractivity contribution in [1.29, 1.82) is 0 Å². The van der Waals surface area contributed by atoms with E-state index in [1.807, 2.05) is 13.0 Å². The Bertz CT molecular complexity index is 820. The lowest BCUT2D eigenvalue weighted by atomic mass is 10.3. The van der Waals surface area contributed by atoms with Crippen LogP contribution in [0.25, 0.3) is 0 Å². The molecule has 0 fully saturated rings. The SMILES string of the molecule is Cc1nc(NC(=S)NC(=O)[C@H](C)Oc2ccc(Cl)cc2Cl)ccc1Br. The molecular formula is C16H14BrCl2N3O2S. The van der Waals surface area contributed by atoms with Gasteiger partial charge in [0.2, 0.25) is 0 Å². The first-order valence-corrected chi connectivity index (χ1v) is 9.08. The third kappa shape index (κ3) is 5.81. The molecule has 2 aromatic rings. The molecule has 0 aliphatic rings. The van der Waals surface area contributed by atoms with Crippen LogP contribution in [-0.4, -0.2) is 22.1 Å². The topological polar surface area (TPSA) is 63.2 Å². The minimum absolute atomic E-state index is 0.122. The molecule has 0 aliphatic carbocycles. The monoisotopic (exact) mass is 461 g/mol. The van der Waals surface area contributed by atoms with Crippen molar-refractivity contribution >= 4 is 68.2 Å². The van der Waals surface area contributed by atoms with Gasteiger partial charge in [-0.25, -0.2) is 4.98 Å². The van der Waals surface area contributed by atoms with Gasteiger partial charge in [-0.15, -0.1) is 0 Å². The molecule has 0 bridgehead atoms. The summed E-state index contributed by atoms with van der Waals surface area (Å²) < 4.78 is 6.42. The summed E-state index contributed by atoms with van der Waals surface area (Å²) in [6.45, 7) is 3.44. The smallest absolute Gasteiger partial charge is 0.266 e. The van der Waals surface area contributed by atoms with E-state index in [1.54, 1.807) is 25.1 Å². The Morgan fingerprint density at radius 1 is 1.32 bits per heavy atom. The molecule has 1 amide bonds. The fraction of sp³-hybridized carbons (Fsp3) is 0.188. The molecule has 0 unspecified atom stereocenters. The highest BCUT2D eigenvalue weighted by atomic mass is 79.9. The van der Waals surface area contributed by atoms with Gasteiger partial charge in [-0.3, -0.25) is 10.1 Å². The zero-order chi connectivity index (χ0) is 18.6. The van der Waals surface area contributed by atoms with Crippen LogP contribution in [0.2, 0.25) is 10.0 Å². The highest BCUT2D eigenvalue weighted by Gasteiger charge is 2.17. The van der Waals surface area contributed by atoms with Crippen LogP contribution in [0.15, 0.2) is 34.8 Å². The Morgan fingerprint density at radius 2 is 2.04 bits per heavy atom. The average Bonchev–Trinajstić information content (AvgIpc) is 2.53. The molecule has 0 saturated carbocycles. The Balaban J connectivity index is 1.93. The van der Waals surface area contributed by atoms with Gasteiger partial charge in [0.1, 0.15) is 11.6 Å². The first-order chi connectivity index (χ1) is 11.8. The molecule has 1 heterocycles. The van der Waals surface area contributed by atoms with Crippen molar-refractivity contribution in [3.63, 3.8) is 0 Å². The number of amides is 1. The fourth-order valence-corrected chi connectivity index (χ4v) is 2.67. The van der Waals surface area contributed by atoms with E-state index in [2.05, 4.69) is 31.5 Å². The molecule has 132 valence electrons. The number of pyridine rings is 1. The lowest BCUT2D eigenvalue weighted by Crippen LogP contribution is -2.42. The van der Waals surface area contributed by atoms with E-state index < -0.39 is 12.0 Å². The predicted molar refractivity (Wildman–Crippen MR) is 108 cm³/mol. The van der Waals surface area contributed by atoms with Crippen molar-refractivity contribution in [1.82, 2.24) is 10.3 Å². The number of ether oxygens (including phenoxy) is 1. The summed E-state index contributed by atoms with van der Waals surface area (Å²) in [5.41, 5.74) is 0.799. The van der Waals surface area contributed by atoms with Gasteiger partial charge in [-0.2, -0.15) is 0 Å². The number of nitrogens with zero attached hydrogens (tertiary/aromatic N) is 1. The third-order valence-corrected chi connectivity index (χ3v) is 4.64. The van der Waals surface area contributed by atoms with E-state index in [4.69, 9.17) is 40.2 Å². The van der Waals surface area contributed by atoms with Crippen molar-refractivity contribution in [2.45, 2.75) is 20.0 Å². The predicted octanol–water partition coefficient (Wildman–Crippen LogP) is 4.74. The number of hydrogen-bond donors (Lipinski definition) is 2. The molecular weight excluding hydrogens is 449 g/mol. The van der Waals surface area contributed by atoms with Crippen molar-refractivity contribution in [3.05, 3.63) is 50.5 Å². The number of thiocarbonyl (C=S) groups is 1. The van der Waals surface area contributed by atoms with E-state index in [0.717, 1.165) is 10.2 Å². The van der Waals surface area contributed by atoms with Gasteiger partial charge < -0.3 is 10.1 Å². The molecule has 9 heteroatoms. The van der Waals surface area contributed by atoms with Gasteiger partial charge in [-0.05, 0) is 72.3 Å². The Labute approximate surface area is 169 Å². The summed E-state index contributed by atoms with van der Waals surface area (Å²) in [5, 5.41) is 6.32. The Morgan fingerprint density at radius 3 is 2.68 bits per heavy atom. The minimum Gasteiger partial charge on any atom is -0.479 e. The number of carbonyl (C=O) groups excluding carboxylic acids is 1. The van der Waals surface area contributed by atoms with Crippen LogP contribution in [0.5, 0.6) is 5.75 Å². The number of halogens is 3. The van der Waals surface area contributed by atoms with Crippen molar-refractivity contribution in [2.75, 3.05) is 5.32 Å². The van der Waals surface area contributed by atoms with Crippen molar-refractivity contribution in [3.8, 4) is 5.75 Å². The third-order valence-electron chi connectivity index (χ3n) is 3.07. The second-order valence-corrected chi connectivity index (χ2v) is 7.15. The summed E-state index contributed by atoms with van der Waals surface area (Å²) in [6.07, 6.45) is -0.807. The van der Waals surface area contributed by atoms with Gasteiger partial charge in [0, 0.05) is 9.50 Å². The first kappa shape index (κ1) is 19.9. The van der Waals surface area contributed by atoms with Gasteiger partial charge in [-0.1, -0.05) is 23.2 Å². The van der Waals surface area contributed by atoms with Gasteiger partial charge in [0.05, 0.1) is 10.7 Å². The van der Waals surface area contributed by atoms with Crippen LogP contribution in [0.4, 0.5) is 5.82 Å². The molecule has 0 saturated heterocycles. The maximum atomic E-state index is 12.2. The minimum atomic E-state index is -0.807. The molecule has 1 aromatic carbocycles. The number of anilines is 1. The number of nitrogens with one attached hydrogen (secondary N) is 2. The molecule has 2 N–H and O–H groups in total. The molecule has 1 atom stereocenters. The normalized spacial score (nSPS) is 11.6. The maximum absolute atomic E-state index is 12.2. The molecule has 5 nitrogen and oxygen atoms in total. The summed E-state index contributed by atoms with van der Waals surface area (Å²) in [7, 11) is 0. The summed E-state index contributed by atoms with van der Waals surface area (Å²) in [6, 6.07) is 8.34. The van der Waals surface area contributed by atoms with Crippen LogP contribution in [0.3, 0.4) is 0 Å². The van der Waals surface area contributed by atoms with E-state index >= 15 is 0 Å². The number of carbonyl (C=O) groups is 1. The first-order valence-electron chi connectivity index (χ1n) is 7.13. The highest BCUT2D eigenvalue weighted by molar-refractivity contribution is 9.10. The average molecular weight is 463 g/mol. The van der Waals surface area contributed by atoms with Crippen molar-refractivity contribution in [2.24, 2.45) is 0 Å². The van der Waals surface area contributed by atoms with E-state index in [-0.39, 0.29) is 5.11 Å². The molecule has 0 aliphatic heterocycles. The van der Waals surface area contributed by atoms with Gasteiger partial charge >= 0.3 is 0 Å². The summed E-state index contributed by atoms with van der Waals surface area (Å²) in [5.74, 6) is 0.468. The zero-order valence-electron chi connectivity index (χ0n) is 13.3. The molecule has 1 aromatic heterocycles. The van der Waals surface area contributed by atoms with Crippen LogP contribution in [0.1, 0.15) is 12.6 Å². The van der Waals surface area contributed by atoms with E-state index in [0.29, 0.717) is 21.6 Å². The number of hydrogen-bond acceptors (Lipinski definition) is 4. The molecule has 0 spiro atoms. The van der Waals surface area contributed by atoms with Gasteiger partial charge in [0.15, 0.2) is 11.2 Å². The standard InChI is InChI=1S/C16H14BrCl2N3O2S/c1-8-11(17)4-6-14(20-8)21-16(25)22-15(23)9(2)24-13-5-3-10(18)7-12(13)19/h3-7,9H,1-2H3,(H2,20,21,22,23,25)/t9-/m0/s1. The van der Waals surface area contributed by atoms with Gasteiger partial charge in [0.25, 0.3) is 5.91 Å². The zero-order valence-corrected chi connectivity index (χ0v) is 17.2. The van der Waals surface area contributed by atoms with Crippen LogP contribution in [-0.2, 0) is 4.79 Å². The Kier molecular flexibility index (Phi) is 7.01. The Hall–Kier alpha value is -1.41. The fourth-order valence-electron chi connectivity index (χ4n) is 1.79.